The Hall–Kier alpha value is -3.50. The third kappa shape index (κ3) is 6.14. The van der Waals surface area contributed by atoms with Crippen LogP contribution in [0.1, 0.15) is 13.8 Å². The number of hydrogen-bond donors (Lipinski definition) is 2. The van der Waals surface area contributed by atoms with Crippen molar-refractivity contribution >= 4 is 29.8 Å². The molecular formula is C25H33N7O3. The van der Waals surface area contributed by atoms with E-state index in [2.05, 4.69) is 30.5 Å². The van der Waals surface area contributed by atoms with E-state index in [4.69, 9.17) is 9.15 Å². The van der Waals surface area contributed by atoms with Crippen LogP contribution >= 0.6 is 0 Å². The molecule has 0 saturated carbocycles. The van der Waals surface area contributed by atoms with Gasteiger partial charge in [-0.2, -0.15) is 4.98 Å². The summed E-state index contributed by atoms with van der Waals surface area (Å²) < 4.78 is 11.5. The number of carbonyl (C=O) groups excluding carboxylic acids is 1. The highest BCUT2D eigenvalue weighted by Gasteiger charge is 2.25. The SMILES string of the molecule is CNCCN(c1ncc(-c2cccc(Nc3nccc(N4CCOCC4)n3)c2)o1)C(C=O)C(C)C. The molecule has 3 aromatic rings. The lowest BCUT2D eigenvalue weighted by Crippen LogP contribution is -2.43. The first-order valence-electron chi connectivity index (χ1n) is 11.9. The highest BCUT2D eigenvalue weighted by atomic mass is 16.5. The highest BCUT2D eigenvalue weighted by molar-refractivity contribution is 5.68. The van der Waals surface area contributed by atoms with Gasteiger partial charge in [0.05, 0.1) is 25.5 Å². The van der Waals surface area contributed by atoms with Crippen LogP contribution in [0.2, 0.25) is 0 Å². The molecule has 186 valence electrons. The van der Waals surface area contributed by atoms with Crippen molar-refractivity contribution in [3.8, 4) is 11.3 Å². The molecule has 0 amide bonds. The minimum Gasteiger partial charge on any atom is -0.423 e. The summed E-state index contributed by atoms with van der Waals surface area (Å²) in [5, 5.41) is 6.41. The molecule has 2 N–H and O–H groups in total. The Morgan fingerprint density at radius 3 is 2.77 bits per heavy atom. The molecule has 1 saturated heterocycles. The Labute approximate surface area is 205 Å². The van der Waals surface area contributed by atoms with Gasteiger partial charge in [-0.1, -0.05) is 26.0 Å². The summed E-state index contributed by atoms with van der Waals surface area (Å²) >= 11 is 0. The Balaban J connectivity index is 1.52. The third-order valence-corrected chi connectivity index (χ3v) is 5.90. The Bertz CT molecular complexity index is 1100. The number of aromatic nitrogens is 3. The standard InChI is InChI=1S/C25H33N7O3/c1-18(2)21(17-33)32(10-9-26-3)25-28-16-22(35-25)19-5-4-6-20(15-19)29-24-27-8-7-23(30-24)31-11-13-34-14-12-31/h4-8,15-18,21,26H,9-14H2,1-3H3,(H,27,29,30). The Kier molecular flexibility index (Phi) is 8.27. The fourth-order valence-electron chi connectivity index (χ4n) is 3.98. The smallest absolute Gasteiger partial charge is 0.298 e. The lowest BCUT2D eigenvalue weighted by atomic mass is 10.0. The molecule has 2 aromatic heterocycles. The largest absolute Gasteiger partial charge is 0.423 e. The molecule has 0 spiro atoms. The first-order valence-corrected chi connectivity index (χ1v) is 11.9. The molecule has 3 heterocycles. The van der Waals surface area contributed by atoms with Crippen molar-refractivity contribution in [1.82, 2.24) is 20.3 Å². The lowest BCUT2D eigenvalue weighted by Gasteiger charge is -2.29. The minimum atomic E-state index is -0.321. The van der Waals surface area contributed by atoms with Gasteiger partial charge in [0.25, 0.3) is 6.01 Å². The maximum absolute atomic E-state index is 11.8. The molecule has 0 bridgehead atoms. The average molecular weight is 480 g/mol. The fraction of sp³-hybridized carbons (Fsp3) is 0.440. The molecule has 35 heavy (non-hydrogen) atoms. The first kappa shape index (κ1) is 24.6. The predicted octanol–water partition coefficient (Wildman–Crippen LogP) is 2.96. The number of nitrogens with one attached hydrogen (secondary N) is 2. The van der Waals surface area contributed by atoms with Crippen LogP contribution in [0.15, 0.2) is 47.1 Å². The fourth-order valence-corrected chi connectivity index (χ4v) is 3.98. The van der Waals surface area contributed by atoms with Crippen LogP contribution < -0.4 is 20.4 Å². The van der Waals surface area contributed by atoms with Crippen LogP contribution in [-0.4, -0.2) is 73.7 Å². The van der Waals surface area contributed by atoms with E-state index in [1.165, 1.54) is 0 Å². The molecule has 1 aliphatic rings. The zero-order chi connectivity index (χ0) is 24.6. The predicted molar refractivity (Wildman–Crippen MR) is 136 cm³/mol. The number of likely N-dealkylation sites (N-methyl/N-ethyl adjacent to an activating group) is 1. The summed E-state index contributed by atoms with van der Waals surface area (Å²) in [6, 6.07) is 9.83. The van der Waals surface area contributed by atoms with Crippen molar-refractivity contribution in [3.63, 3.8) is 0 Å². The molecule has 10 heteroatoms. The van der Waals surface area contributed by atoms with Crippen LogP contribution in [0.3, 0.4) is 0 Å². The number of morpholine rings is 1. The second-order valence-electron chi connectivity index (χ2n) is 8.72. The van der Waals surface area contributed by atoms with Gasteiger partial charge < -0.3 is 34.4 Å². The second kappa shape index (κ2) is 11.8. The van der Waals surface area contributed by atoms with Crippen LogP contribution in [0.5, 0.6) is 0 Å². The number of benzene rings is 1. The summed E-state index contributed by atoms with van der Waals surface area (Å²) in [7, 11) is 1.88. The zero-order valence-electron chi connectivity index (χ0n) is 20.5. The number of carbonyl (C=O) groups is 1. The molecule has 1 aliphatic heterocycles. The van der Waals surface area contributed by atoms with Gasteiger partial charge in [0, 0.05) is 43.6 Å². The van der Waals surface area contributed by atoms with Crippen molar-refractivity contribution < 1.29 is 13.9 Å². The summed E-state index contributed by atoms with van der Waals surface area (Å²) in [6.07, 6.45) is 4.41. The lowest BCUT2D eigenvalue weighted by molar-refractivity contribution is -0.109. The van der Waals surface area contributed by atoms with Crippen molar-refractivity contribution in [2.24, 2.45) is 5.92 Å². The molecular weight excluding hydrogens is 446 g/mol. The maximum atomic E-state index is 11.8. The number of aldehydes is 1. The Morgan fingerprint density at radius 2 is 2.03 bits per heavy atom. The number of hydrogen-bond acceptors (Lipinski definition) is 10. The van der Waals surface area contributed by atoms with Crippen molar-refractivity contribution in [1.29, 1.82) is 0 Å². The van der Waals surface area contributed by atoms with E-state index in [-0.39, 0.29) is 12.0 Å². The van der Waals surface area contributed by atoms with E-state index < -0.39 is 0 Å². The molecule has 10 nitrogen and oxygen atoms in total. The number of anilines is 4. The second-order valence-corrected chi connectivity index (χ2v) is 8.72. The highest BCUT2D eigenvalue weighted by Crippen LogP contribution is 2.29. The van der Waals surface area contributed by atoms with Crippen molar-refractivity contribution in [2.45, 2.75) is 19.9 Å². The van der Waals surface area contributed by atoms with Gasteiger partial charge >= 0.3 is 0 Å². The number of oxazole rings is 1. The van der Waals surface area contributed by atoms with E-state index >= 15 is 0 Å². The third-order valence-electron chi connectivity index (χ3n) is 5.90. The molecule has 1 aromatic carbocycles. The molecule has 1 unspecified atom stereocenters. The topological polar surface area (TPSA) is 109 Å². The monoisotopic (exact) mass is 479 g/mol. The van der Waals surface area contributed by atoms with E-state index in [1.807, 2.05) is 56.1 Å². The van der Waals surface area contributed by atoms with Gasteiger partial charge in [0.15, 0.2) is 5.76 Å². The molecule has 4 rings (SSSR count). The average Bonchev–Trinajstić information content (AvgIpc) is 3.37. The minimum absolute atomic E-state index is 0.125. The van der Waals surface area contributed by atoms with Gasteiger partial charge in [-0.25, -0.2) is 9.97 Å². The number of nitrogens with zero attached hydrogens (tertiary/aromatic N) is 5. The van der Waals surface area contributed by atoms with E-state index in [0.717, 1.165) is 36.4 Å². The van der Waals surface area contributed by atoms with Gasteiger partial charge in [-0.15, -0.1) is 0 Å². The van der Waals surface area contributed by atoms with Gasteiger partial charge in [-0.3, -0.25) is 0 Å². The number of rotatable bonds is 11. The van der Waals surface area contributed by atoms with Gasteiger partial charge in [0.2, 0.25) is 5.95 Å². The normalized spacial score (nSPS) is 14.7. The van der Waals surface area contributed by atoms with Crippen LogP contribution in [-0.2, 0) is 9.53 Å². The zero-order valence-corrected chi connectivity index (χ0v) is 20.5. The molecule has 0 aliphatic carbocycles. The van der Waals surface area contributed by atoms with E-state index in [1.54, 1.807) is 12.4 Å². The van der Waals surface area contributed by atoms with Gasteiger partial charge in [-0.05, 0) is 31.2 Å². The Morgan fingerprint density at radius 1 is 1.20 bits per heavy atom. The van der Waals surface area contributed by atoms with Gasteiger partial charge in [0.1, 0.15) is 12.1 Å². The van der Waals surface area contributed by atoms with Crippen LogP contribution in [0, 0.1) is 5.92 Å². The number of ether oxygens (including phenoxy) is 1. The first-order chi connectivity index (χ1) is 17.1. The van der Waals surface area contributed by atoms with Crippen LogP contribution in [0.25, 0.3) is 11.3 Å². The van der Waals surface area contributed by atoms with Crippen molar-refractivity contribution in [3.05, 3.63) is 42.7 Å². The molecule has 0 radical (unpaired) electrons. The van der Waals surface area contributed by atoms with Crippen LogP contribution in [0.4, 0.5) is 23.5 Å². The summed E-state index contributed by atoms with van der Waals surface area (Å²) in [6.45, 7) is 8.37. The van der Waals surface area contributed by atoms with Crippen molar-refractivity contribution in [2.75, 3.05) is 61.6 Å². The van der Waals surface area contributed by atoms with E-state index in [9.17, 15) is 4.79 Å². The summed E-state index contributed by atoms with van der Waals surface area (Å²) in [4.78, 5) is 29.4. The summed E-state index contributed by atoms with van der Waals surface area (Å²) in [5.74, 6) is 2.14. The maximum Gasteiger partial charge on any atom is 0.298 e. The molecule has 1 atom stereocenters. The molecule has 1 fully saturated rings. The van der Waals surface area contributed by atoms with E-state index in [0.29, 0.717) is 44.0 Å². The quantitative estimate of drug-likeness (QED) is 0.398. The summed E-state index contributed by atoms with van der Waals surface area (Å²) in [5.41, 5.74) is 1.69.